The maximum Gasteiger partial charge on any atom is 0.224 e. The summed E-state index contributed by atoms with van der Waals surface area (Å²) in [5.74, 6) is 0.116. The lowest BCUT2D eigenvalue weighted by Gasteiger charge is -2.15. The number of carbonyl (C=O) groups excluding carboxylic acids is 1. The molecular weight excluding hydrogens is 248 g/mol. The number of para-hydroxylation sites is 1. The van der Waals surface area contributed by atoms with Crippen LogP contribution in [-0.2, 0) is 11.3 Å². The normalized spacial score (nSPS) is 19.7. The highest BCUT2D eigenvalue weighted by Crippen LogP contribution is 2.19. The predicted octanol–water partition coefficient (Wildman–Crippen LogP) is 2.57. The van der Waals surface area contributed by atoms with Crippen LogP contribution >= 0.6 is 11.6 Å². The van der Waals surface area contributed by atoms with E-state index < -0.39 is 0 Å². The van der Waals surface area contributed by atoms with Crippen molar-refractivity contribution in [1.82, 2.24) is 9.88 Å². The lowest BCUT2D eigenvalue weighted by Crippen LogP contribution is -2.25. The molecule has 1 atom stereocenters. The number of benzene rings is 1. The molecule has 2 aromatic rings. The third-order valence-electron chi connectivity index (χ3n) is 3.18. The SMILES string of the molecule is O=C1CC(Cl)CN1Cc1ccc2ccccc2n1. The van der Waals surface area contributed by atoms with Gasteiger partial charge in [0.1, 0.15) is 0 Å². The van der Waals surface area contributed by atoms with Crippen LogP contribution in [0.5, 0.6) is 0 Å². The maximum atomic E-state index is 11.7. The molecule has 4 heteroatoms. The monoisotopic (exact) mass is 260 g/mol. The summed E-state index contributed by atoms with van der Waals surface area (Å²) in [6.07, 6.45) is 0.440. The van der Waals surface area contributed by atoms with Crippen LogP contribution in [-0.4, -0.2) is 27.7 Å². The van der Waals surface area contributed by atoms with Gasteiger partial charge in [-0.2, -0.15) is 0 Å². The van der Waals surface area contributed by atoms with Crippen LogP contribution < -0.4 is 0 Å². The Kier molecular flexibility index (Phi) is 2.92. The van der Waals surface area contributed by atoms with E-state index in [1.165, 1.54) is 0 Å². The Morgan fingerprint density at radius 3 is 2.89 bits per heavy atom. The van der Waals surface area contributed by atoms with Gasteiger partial charge in [0.15, 0.2) is 0 Å². The van der Waals surface area contributed by atoms with E-state index in [4.69, 9.17) is 11.6 Å². The van der Waals surface area contributed by atoms with Crippen molar-refractivity contribution < 1.29 is 4.79 Å². The molecular formula is C14H13ClN2O. The number of rotatable bonds is 2. The summed E-state index contributed by atoms with van der Waals surface area (Å²) < 4.78 is 0. The number of halogens is 1. The number of carbonyl (C=O) groups is 1. The molecule has 1 amide bonds. The Morgan fingerprint density at radius 1 is 1.28 bits per heavy atom. The van der Waals surface area contributed by atoms with Gasteiger partial charge in [-0.15, -0.1) is 11.6 Å². The van der Waals surface area contributed by atoms with Gasteiger partial charge < -0.3 is 4.90 Å². The zero-order valence-electron chi connectivity index (χ0n) is 9.84. The quantitative estimate of drug-likeness (QED) is 0.778. The second-order valence-electron chi connectivity index (χ2n) is 4.57. The Hall–Kier alpha value is -1.61. The standard InChI is InChI=1S/C14H13ClN2O/c15-11-7-14(18)17(8-11)9-12-6-5-10-3-1-2-4-13(10)16-12/h1-6,11H,7-9H2. The van der Waals surface area contributed by atoms with Crippen LogP contribution in [0.4, 0.5) is 0 Å². The van der Waals surface area contributed by atoms with E-state index in [0.29, 0.717) is 19.5 Å². The zero-order valence-corrected chi connectivity index (χ0v) is 10.6. The fraction of sp³-hybridized carbons (Fsp3) is 0.286. The lowest BCUT2D eigenvalue weighted by atomic mass is 10.2. The third-order valence-corrected chi connectivity index (χ3v) is 3.47. The highest BCUT2D eigenvalue weighted by molar-refractivity contribution is 6.22. The second-order valence-corrected chi connectivity index (χ2v) is 5.19. The molecule has 1 fully saturated rings. The van der Waals surface area contributed by atoms with Gasteiger partial charge in [0, 0.05) is 18.4 Å². The number of pyridine rings is 1. The third kappa shape index (κ3) is 2.18. The van der Waals surface area contributed by atoms with Crippen LogP contribution in [0.15, 0.2) is 36.4 Å². The molecule has 0 radical (unpaired) electrons. The molecule has 1 aromatic carbocycles. The molecule has 2 heterocycles. The summed E-state index contributed by atoms with van der Waals surface area (Å²) in [5, 5.41) is 1.06. The van der Waals surface area contributed by atoms with Crippen molar-refractivity contribution in [3.63, 3.8) is 0 Å². The molecule has 1 aliphatic heterocycles. The van der Waals surface area contributed by atoms with E-state index in [1.54, 1.807) is 4.90 Å². The molecule has 3 nitrogen and oxygen atoms in total. The smallest absolute Gasteiger partial charge is 0.224 e. The van der Waals surface area contributed by atoms with Gasteiger partial charge in [-0.05, 0) is 12.1 Å². The molecule has 18 heavy (non-hydrogen) atoms. The van der Waals surface area contributed by atoms with Gasteiger partial charge in [-0.25, -0.2) is 0 Å². The maximum absolute atomic E-state index is 11.7. The van der Waals surface area contributed by atoms with Crippen LogP contribution in [0.2, 0.25) is 0 Å². The molecule has 1 saturated heterocycles. The average molecular weight is 261 g/mol. The number of hydrogen-bond donors (Lipinski definition) is 0. The van der Waals surface area contributed by atoms with Gasteiger partial charge in [-0.3, -0.25) is 9.78 Å². The summed E-state index contributed by atoms with van der Waals surface area (Å²) in [7, 11) is 0. The van der Waals surface area contributed by atoms with Crippen molar-refractivity contribution in [2.75, 3.05) is 6.54 Å². The summed E-state index contributed by atoms with van der Waals surface area (Å²) in [6, 6.07) is 12.0. The minimum absolute atomic E-state index is 0.0574. The van der Waals surface area contributed by atoms with Crippen LogP contribution in [0.25, 0.3) is 10.9 Å². The van der Waals surface area contributed by atoms with E-state index in [0.717, 1.165) is 16.6 Å². The van der Waals surface area contributed by atoms with E-state index in [1.807, 2.05) is 36.4 Å². The van der Waals surface area contributed by atoms with Crippen molar-refractivity contribution in [3.05, 3.63) is 42.1 Å². The summed E-state index contributed by atoms with van der Waals surface area (Å²) in [5.41, 5.74) is 1.87. The van der Waals surface area contributed by atoms with Gasteiger partial charge in [0.05, 0.1) is 23.1 Å². The fourth-order valence-corrected chi connectivity index (χ4v) is 2.57. The largest absolute Gasteiger partial charge is 0.335 e. The number of alkyl halides is 1. The van der Waals surface area contributed by atoms with E-state index >= 15 is 0 Å². The molecule has 3 rings (SSSR count). The Balaban J connectivity index is 1.84. The summed E-state index contributed by atoms with van der Waals surface area (Å²) >= 11 is 5.98. The van der Waals surface area contributed by atoms with E-state index in [9.17, 15) is 4.79 Å². The number of hydrogen-bond acceptors (Lipinski definition) is 2. The summed E-state index contributed by atoms with van der Waals surface area (Å²) in [6.45, 7) is 1.17. The summed E-state index contributed by atoms with van der Waals surface area (Å²) in [4.78, 5) is 18.0. The number of amides is 1. The van der Waals surface area contributed by atoms with Crippen molar-refractivity contribution in [3.8, 4) is 0 Å². The topological polar surface area (TPSA) is 33.2 Å². The molecule has 92 valence electrons. The lowest BCUT2D eigenvalue weighted by molar-refractivity contribution is -0.128. The highest BCUT2D eigenvalue weighted by Gasteiger charge is 2.28. The first-order valence-corrected chi connectivity index (χ1v) is 6.42. The molecule has 0 N–H and O–H groups in total. The second kappa shape index (κ2) is 4.58. The molecule has 1 aromatic heterocycles. The van der Waals surface area contributed by atoms with Gasteiger partial charge in [-0.1, -0.05) is 24.3 Å². The van der Waals surface area contributed by atoms with Crippen LogP contribution in [0, 0.1) is 0 Å². The van der Waals surface area contributed by atoms with Crippen LogP contribution in [0.1, 0.15) is 12.1 Å². The predicted molar refractivity (Wildman–Crippen MR) is 71.4 cm³/mol. The van der Waals surface area contributed by atoms with Crippen molar-refractivity contribution in [1.29, 1.82) is 0 Å². The first-order chi connectivity index (χ1) is 8.72. The first-order valence-electron chi connectivity index (χ1n) is 5.99. The van der Waals surface area contributed by atoms with E-state index in [-0.39, 0.29) is 11.3 Å². The fourth-order valence-electron chi connectivity index (χ4n) is 2.27. The first kappa shape index (κ1) is 11.5. The minimum Gasteiger partial charge on any atom is -0.335 e. The number of nitrogens with zero attached hydrogens (tertiary/aromatic N) is 2. The molecule has 0 bridgehead atoms. The average Bonchev–Trinajstić information content (AvgIpc) is 2.68. The molecule has 0 spiro atoms. The Morgan fingerprint density at radius 2 is 2.11 bits per heavy atom. The van der Waals surface area contributed by atoms with Gasteiger partial charge in [0.25, 0.3) is 0 Å². The van der Waals surface area contributed by atoms with Crippen molar-refractivity contribution >= 4 is 28.4 Å². The minimum atomic E-state index is -0.0574. The zero-order chi connectivity index (χ0) is 12.5. The Labute approximate surface area is 110 Å². The molecule has 0 aliphatic carbocycles. The molecule has 0 saturated carbocycles. The number of likely N-dealkylation sites (tertiary alicyclic amines) is 1. The van der Waals surface area contributed by atoms with E-state index in [2.05, 4.69) is 4.98 Å². The number of fused-ring (bicyclic) bond motifs is 1. The van der Waals surface area contributed by atoms with Gasteiger partial charge >= 0.3 is 0 Å². The van der Waals surface area contributed by atoms with Crippen LogP contribution in [0.3, 0.4) is 0 Å². The van der Waals surface area contributed by atoms with Crippen molar-refractivity contribution in [2.24, 2.45) is 0 Å². The number of aromatic nitrogens is 1. The molecule has 1 unspecified atom stereocenters. The van der Waals surface area contributed by atoms with Crippen molar-refractivity contribution in [2.45, 2.75) is 18.3 Å². The van der Waals surface area contributed by atoms with Gasteiger partial charge in [0.2, 0.25) is 5.91 Å². The Bertz CT molecular complexity index is 599. The highest BCUT2D eigenvalue weighted by atomic mass is 35.5. The molecule has 1 aliphatic rings.